The molecule has 0 saturated heterocycles. The van der Waals surface area contributed by atoms with Gasteiger partial charge >= 0.3 is 5.97 Å². The van der Waals surface area contributed by atoms with Gasteiger partial charge < -0.3 is 40.0 Å². The number of ether oxygens (including phenoxy) is 2. The first-order valence-electron chi connectivity index (χ1n) is 17.4. The molecule has 3 aromatic heterocycles. The maximum absolute atomic E-state index is 13.7. The molecule has 0 amide bonds. The minimum atomic E-state index is -1.78. The molecule has 12 heteroatoms. The van der Waals surface area contributed by atoms with Crippen molar-refractivity contribution < 1.29 is 29.6 Å². The van der Waals surface area contributed by atoms with E-state index in [0.717, 1.165) is 43.5 Å². The molecule has 2 saturated carbocycles. The van der Waals surface area contributed by atoms with Gasteiger partial charge in [-0.3, -0.25) is 4.79 Å². The standard InChI is InChI=1S/C39H43N3O7S2/c1-42(30-21-25-9-12-29(30)37(25)49-38(46)39(47,33-5-2-19-50-33)34-6-3-20-51-34)17-4-18-48-26-10-7-24(8-11-26)22-40-23-32(44)27-13-15-31(43)36-28(27)14-16-35(45)41-36/h2-3,5-8,10-11,13-16,19-20,25,29-30,32,37,40,43-44,47H,4,9,12,17-18,21-23H2,1H3,(H,41,45)/t25-,29+,30+,32+,37-/m1/s1. The SMILES string of the molecule is CN(CCCOc1ccc(CNC[C@H](O)c2ccc(O)c3[nH]c(=O)ccc23)cc1)[C@H]1C[C@H]2CC[C@@H]1[C@@H]2OC(=O)C(O)(c1cccs1)c1cccs1. The van der Waals surface area contributed by atoms with Crippen LogP contribution in [-0.2, 0) is 21.7 Å². The van der Waals surface area contributed by atoms with Crippen molar-refractivity contribution in [3.63, 3.8) is 0 Å². The Bertz CT molecular complexity index is 1950. The van der Waals surface area contributed by atoms with E-state index in [2.05, 4.69) is 22.2 Å². The van der Waals surface area contributed by atoms with Crippen molar-refractivity contribution in [1.82, 2.24) is 15.2 Å². The number of hydrogen-bond donors (Lipinski definition) is 5. The normalized spacial score (nSPS) is 20.6. The van der Waals surface area contributed by atoms with Crippen LogP contribution in [0.4, 0.5) is 0 Å². The molecule has 0 unspecified atom stereocenters. The Morgan fingerprint density at radius 3 is 2.49 bits per heavy atom. The number of fused-ring (bicyclic) bond motifs is 3. The van der Waals surface area contributed by atoms with Crippen LogP contribution in [0.25, 0.3) is 10.9 Å². The van der Waals surface area contributed by atoms with Crippen LogP contribution in [0.5, 0.6) is 11.5 Å². The van der Waals surface area contributed by atoms with E-state index in [1.165, 1.54) is 34.8 Å². The fourth-order valence-electron chi connectivity index (χ4n) is 7.81. The van der Waals surface area contributed by atoms with Gasteiger partial charge in [0.25, 0.3) is 0 Å². The lowest BCUT2D eigenvalue weighted by Crippen LogP contribution is -2.42. The van der Waals surface area contributed by atoms with Gasteiger partial charge in [-0.2, -0.15) is 0 Å². The number of hydrogen-bond acceptors (Lipinski definition) is 11. The number of aromatic amines is 1. The van der Waals surface area contributed by atoms with Crippen LogP contribution in [0, 0.1) is 11.8 Å². The first kappa shape index (κ1) is 35.4. The van der Waals surface area contributed by atoms with Crippen molar-refractivity contribution in [1.29, 1.82) is 0 Å². The summed E-state index contributed by atoms with van der Waals surface area (Å²) in [6.07, 6.45) is 2.87. The van der Waals surface area contributed by atoms with Crippen LogP contribution >= 0.6 is 22.7 Å². The summed E-state index contributed by atoms with van der Waals surface area (Å²) < 4.78 is 12.3. The largest absolute Gasteiger partial charge is 0.506 e. The smallest absolute Gasteiger partial charge is 0.349 e. The lowest BCUT2D eigenvalue weighted by Gasteiger charge is -2.32. The number of aliphatic hydroxyl groups is 2. The predicted octanol–water partition coefficient (Wildman–Crippen LogP) is 5.53. The predicted molar refractivity (Wildman–Crippen MR) is 198 cm³/mol. The summed E-state index contributed by atoms with van der Waals surface area (Å²) in [5.74, 6) is 0.725. The molecule has 5 N–H and O–H groups in total. The van der Waals surface area contributed by atoms with Gasteiger partial charge in [-0.25, -0.2) is 4.79 Å². The van der Waals surface area contributed by atoms with Crippen LogP contribution in [0.3, 0.4) is 0 Å². The fraction of sp³-hybridized carbons (Fsp3) is 0.385. The molecule has 3 heterocycles. The highest BCUT2D eigenvalue weighted by atomic mass is 32.1. The van der Waals surface area contributed by atoms with Crippen LogP contribution in [0.15, 0.2) is 88.4 Å². The van der Waals surface area contributed by atoms with E-state index in [1.807, 2.05) is 47.2 Å². The number of carbonyl (C=O) groups is 1. The third kappa shape index (κ3) is 7.35. The molecule has 0 radical (unpaired) electrons. The highest BCUT2D eigenvalue weighted by Crippen LogP contribution is 2.49. The van der Waals surface area contributed by atoms with E-state index in [-0.39, 0.29) is 23.3 Å². The first-order valence-corrected chi connectivity index (χ1v) is 19.2. The molecular weight excluding hydrogens is 687 g/mol. The number of thiophene rings is 2. The second-order valence-electron chi connectivity index (χ2n) is 13.6. The maximum atomic E-state index is 13.7. The molecule has 2 aliphatic rings. The van der Waals surface area contributed by atoms with Crippen molar-refractivity contribution in [3.05, 3.63) is 115 Å². The molecule has 2 fully saturated rings. The number of H-pyrrole nitrogens is 1. The number of benzene rings is 2. The fourth-order valence-corrected chi connectivity index (χ4v) is 9.52. The molecule has 10 nitrogen and oxygen atoms in total. The molecule has 2 bridgehead atoms. The molecule has 2 aliphatic carbocycles. The van der Waals surface area contributed by atoms with Crippen molar-refractivity contribution in [3.8, 4) is 11.5 Å². The number of phenolic OH excluding ortho intramolecular Hbond substituents is 1. The van der Waals surface area contributed by atoms with Crippen molar-refractivity contribution in [2.24, 2.45) is 11.8 Å². The number of carbonyl (C=O) groups excluding carboxylic acids is 1. The summed E-state index contributed by atoms with van der Waals surface area (Å²) in [7, 11) is 2.14. The Labute approximate surface area is 304 Å². The first-order chi connectivity index (χ1) is 24.7. The third-order valence-corrected chi connectivity index (χ3v) is 12.4. The molecule has 51 heavy (non-hydrogen) atoms. The van der Waals surface area contributed by atoms with E-state index in [0.29, 0.717) is 57.9 Å². The van der Waals surface area contributed by atoms with Crippen LogP contribution in [0.1, 0.15) is 52.7 Å². The minimum Gasteiger partial charge on any atom is -0.506 e. The van der Waals surface area contributed by atoms with E-state index in [9.17, 15) is 24.9 Å². The molecular formula is C39H43N3O7S2. The van der Waals surface area contributed by atoms with Crippen LogP contribution in [0.2, 0.25) is 0 Å². The number of aromatic nitrogens is 1. The van der Waals surface area contributed by atoms with Crippen molar-refractivity contribution >= 4 is 39.5 Å². The van der Waals surface area contributed by atoms with E-state index < -0.39 is 17.7 Å². The Balaban J connectivity index is 0.851. The monoisotopic (exact) mass is 729 g/mol. The number of esters is 1. The maximum Gasteiger partial charge on any atom is 0.349 e. The van der Waals surface area contributed by atoms with Gasteiger partial charge in [0.05, 0.1) is 28.0 Å². The Kier molecular flexibility index (Phi) is 10.6. The van der Waals surface area contributed by atoms with E-state index >= 15 is 0 Å². The van der Waals surface area contributed by atoms with Crippen LogP contribution in [-0.4, -0.2) is 70.1 Å². The van der Waals surface area contributed by atoms with E-state index in [1.54, 1.807) is 24.3 Å². The van der Waals surface area contributed by atoms with Gasteiger partial charge in [0.1, 0.15) is 17.6 Å². The Morgan fingerprint density at radius 2 is 1.78 bits per heavy atom. The van der Waals surface area contributed by atoms with Gasteiger partial charge in [0.2, 0.25) is 11.2 Å². The summed E-state index contributed by atoms with van der Waals surface area (Å²) in [6, 6.07) is 21.6. The van der Waals surface area contributed by atoms with Gasteiger partial charge in [-0.1, -0.05) is 30.3 Å². The number of rotatable bonds is 15. The van der Waals surface area contributed by atoms with Crippen LogP contribution < -0.4 is 15.6 Å². The lowest BCUT2D eigenvalue weighted by atomic mass is 9.94. The number of nitrogens with one attached hydrogen (secondary N) is 2. The molecule has 5 aromatic rings. The zero-order valence-corrected chi connectivity index (χ0v) is 30.0. The number of phenols is 1. The van der Waals surface area contributed by atoms with Crippen molar-refractivity contribution in [2.75, 3.05) is 26.7 Å². The number of aliphatic hydroxyl groups excluding tert-OH is 1. The van der Waals surface area contributed by atoms with E-state index in [4.69, 9.17) is 9.47 Å². The molecule has 0 aliphatic heterocycles. The molecule has 0 spiro atoms. The molecule has 268 valence electrons. The molecule has 5 atom stereocenters. The number of pyridine rings is 1. The number of nitrogens with zero attached hydrogens (tertiary/aromatic N) is 1. The van der Waals surface area contributed by atoms with Gasteiger partial charge in [0.15, 0.2) is 0 Å². The third-order valence-electron chi connectivity index (χ3n) is 10.4. The lowest BCUT2D eigenvalue weighted by molar-refractivity contribution is -0.170. The number of aromatic hydroxyl groups is 1. The average Bonchev–Trinajstić information content (AvgIpc) is 3.98. The van der Waals surface area contributed by atoms with Gasteiger partial charge in [-0.15, -0.1) is 22.7 Å². The highest BCUT2D eigenvalue weighted by molar-refractivity contribution is 7.12. The summed E-state index contributed by atoms with van der Waals surface area (Å²) in [5, 5.41) is 40.3. The molecule has 7 rings (SSSR count). The minimum absolute atomic E-state index is 0.0366. The highest BCUT2D eigenvalue weighted by Gasteiger charge is 2.54. The summed E-state index contributed by atoms with van der Waals surface area (Å²) in [6.45, 7) is 2.28. The Morgan fingerprint density at radius 1 is 1.04 bits per heavy atom. The topological polar surface area (TPSA) is 144 Å². The second-order valence-corrected chi connectivity index (χ2v) is 15.5. The van der Waals surface area contributed by atoms with Gasteiger partial charge in [0, 0.05) is 43.0 Å². The Hall–Kier alpha value is -4.04. The average molecular weight is 730 g/mol. The zero-order chi connectivity index (χ0) is 35.5. The molecule has 2 aromatic carbocycles. The summed E-state index contributed by atoms with van der Waals surface area (Å²) >= 11 is 2.72. The quantitative estimate of drug-likeness (QED) is 0.0695. The zero-order valence-electron chi connectivity index (χ0n) is 28.4. The second kappa shape index (κ2) is 15.3. The van der Waals surface area contributed by atoms with Crippen molar-refractivity contribution in [2.45, 2.75) is 56.1 Å². The summed E-state index contributed by atoms with van der Waals surface area (Å²) in [5.41, 5.74) is -0.117. The van der Waals surface area contributed by atoms with Gasteiger partial charge in [-0.05, 0) is 96.9 Å². The summed E-state index contributed by atoms with van der Waals surface area (Å²) in [4.78, 5) is 31.5.